The first kappa shape index (κ1) is 23.5. The molecule has 1 atom stereocenters. The lowest BCUT2D eigenvalue weighted by atomic mass is 9.93. The molecular formula is C26H31NO5. The number of nitrogens with zero attached hydrogens (tertiary/aromatic N) is 1. The summed E-state index contributed by atoms with van der Waals surface area (Å²) in [6, 6.07) is 14.0. The van der Waals surface area contributed by atoms with Gasteiger partial charge in [0.2, 0.25) is 0 Å². The molecule has 1 aliphatic rings. The number of benzene rings is 2. The molecule has 32 heavy (non-hydrogen) atoms. The standard InChI is InChI=1S/C26H31NO5/c1-16(2)18-6-8-19(9-7-18)23-22(25(29)26(30)27(23)14-15-31-5)24(28)20-10-12-21(13-11-20)32-17(3)4/h6-13,16-17,23,28H,14-15H2,1-5H3/b24-22-. The minimum Gasteiger partial charge on any atom is -0.507 e. The number of ether oxygens (including phenoxy) is 2. The van der Waals surface area contributed by atoms with Crippen LogP contribution in [-0.2, 0) is 14.3 Å². The van der Waals surface area contributed by atoms with E-state index in [4.69, 9.17) is 9.47 Å². The normalized spacial score (nSPS) is 18.1. The second kappa shape index (κ2) is 10.0. The molecule has 1 heterocycles. The Balaban J connectivity index is 2.07. The van der Waals surface area contributed by atoms with Crippen molar-refractivity contribution in [1.82, 2.24) is 4.90 Å². The average molecular weight is 438 g/mol. The number of rotatable bonds is 8. The molecule has 0 bridgehead atoms. The van der Waals surface area contributed by atoms with E-state index < -0.39 is 17.7 Å². The van der Waals surface area contributed by atoms with E-state index >= 15 is 0 Å². The molecule has 170 valence electrons. The van der Waals surface area contributed by atoms with Gasteiger partial charge in [-0.25, -0.2) is 0 Å². The molecular weight excluding hydrogens is 406 g/mol. The summed E-state index contributed by atoms with van der Waals surface area (Å²) in [5, 5.41) is 11.1. The fraction of sp³-hybridized carbons (Fsp3) is 0.385. The van der Waals surface area contributed by atoms with E-state index in [0.29, 0.717) is 17.2 Å². The molecule has 0 spiro atoms. The van der Waals surface area contributed by atoms with Gasteiger partial charge < -0.3 is 19.5 Å². The smallest absolute Gasteiger partial charge is 0.295 e. The number of methoxy groups -OCH3 is 1. The third-order valence-corrected chi connectivity index (χ3v) is 5.49. The van der Waals surface area contributed by atoms with Crippen LogP contribution >= 0.6 is 0 Å². The van der Waals surface area contributed by atoms with E-state index in [1.54, 1.807) is 31.4 Å². The molecule has 0 radical (unpaired) electrons. The van der Waals surface area contributed by atoms with Gasteiger partial charge in [-0.3, -0.25) is 9.59 Å². The Morgan fingerprint density at radius 1 is 1.00 bits per heavy atom. The van der Waals surface area contributed by atoms with Crippen LogP contribution < -0.4 is 4.74 Å². The summed E-state index contributed by atoms with van der Waals surface area (Å²) in [6.07, 6.45) is 0.0226. The summed E-state index contributed by atoms with van der Waals surface area (Å²) in [4.78, 5) is 27.3. The highest BCUT2D eigenvalue weighted by Crippen LogP contribution is 2.39. The van der Waals surface area contributed by atoms with Crippen molar-refractivity contribution < 1.29 is 24.2 Å². The maximum Gasteiger partial charge on any atom is 0.295 e. The average Bonchev–Trinajstić information content (AvgIpc) is 3.02. The van der Waals surface area contributed by atoms with Crippen LogP contribution in [0.1, 0.15) is 56.3 Å². The lowest BCUT2D eigenvalue weighted by Gasteiger charge is -2.25. The number of aliphatic hydroxyl groups excluding tert-OH is 1. The quantitative estimate of drug-likeness (QED) is 0.369. The van der Waals surface area contributed by atoms with Crippen molar-refractivity contribution >= 4 is 17.4 Å². The number of carbonyl (C=O) groups excluding carboxylic acids is 2. The second-order valence-corrected chi connectivity index (χ2v) is 8.50. The predicted octanol–water partition coefficient (Wildman–Crippen LogP) is 4.67. The molecule has 1 N–H and O–H groups in total. The fourth-order valence-electron chi connectivity index (χ4n) is 3.83. The highest BCUT2D eigenvalue weighted by atomic mass is 16.5. The highest BCUT2D eigenvalue weighted by Gasteiger charge is 2.45. The zero-order valence-corrected chi connectivity index (χ0v) is 19.3. The van der Waals surface area contributed by atoms with E-state index in [9.17, 15) is 14.7 Å². The molecule has 6 nitrogen and oxygen atoms in total. The molecule has 6 heteroatoms. The molecule has 1 aliphatic heterocycles. The molecule has 2 aromatic carbocycles. The van der Waals surface area contributed by atoms with Crippen molar-refractivity contribution in [2.24, 2.45) is 0 Å². The van der Waals surface area contributed by atoms with Gasteiger partial charge in [-0.05, 0) is 55.2 Å². The maximum absolute atomic E-state index is 13.0. The first-order valence-electron chi connectivity index (χ1n) is 10.9. The lowest BCUT2D eigenvalue weighted by molar-refractivity contribution is -0.140. The minimum atomic E-state index is -0.695. The summed E-state index contributed by atoms with van der Waals surface area (Å²) in [7, 11) is 1.55. The van der Waals surface area contributed by atoms with E-state index in [1.165, 1.54) is 4.90 Å². The molecule has 1 fully saturated rings. The number of Topliss-reactive ketones (excluding diaryl/α,β-unsaturated/α-hetero) is 1. The zero-order chi connectivity index (χ0) is 23.4. The first-order valence-corrected chi connectivity index (χ1v) is 10.9. The van der Waals surface area contributed by atoms with Crippen molar-refractivity contribution in [2.45, 2.75) is 45.8 Å². The highest BCUT2D eigenvalue weighted by molar-refractivity contribution is 6.46. The van der Waals surface area contributed by atoms with Crippen molar-refractivity contribution in [3.05, 3.63) is 70.8 Å². The Hall–Kier alpha value is -3.12. The van der Waals surface area contributed by atoms with Gasteiger partial charge in [-0.1, -0.05) is 38.1 Å². The molecule has 1 unspecified atom stereocenters. The number of ketones is 1. The van der Waals surface area contributed by atoms with Gasteiger partial charge in [0.15, 0.2) is 0 Å². The number of hydrogen-bond acceptors (Lipinski definition) is 5. The summed E-state index contributed by atoms with van der Waals surface area (Å²) in [6.45, 7) is 8.60. The summed E-state index contributed by atoms with van der Waals surface area (Å²) >= 11 is 0. The maximum atomic E-state index is 13.0. The number of hydrogen-bond donors (Lipinski definition) is 1. The second-order valence-electron chi connectivity index (χ2n) is 8.50. The van der Waals surface area contributed by atoms with E-state index in [2.05, 4.69) is 13.8 Å². The number of carbonyl (C=O) groups is 2. The molecule has 0 aromatic heterocycles. The van der Waals surface area contributed by atoms with E-state index in [1.807, 2.05) is 38.1 Å². The Labute approximate surface area is 189 Å². The monoisotopic (exact) mass is 437 g/mol. The van der Waals surface area contributed by atoms with Gasteiger partial charge in [0.25, 0.3) is 11.7 Å². The van der Waals surface area contributed by atoms with Crippen LogP contribution in [0.3, 0.4) is 0 Å². The van der Waals surface area contributed by atoms with Crippen LogP contribution in [0.15, 0.2) is 54.1 Å². The third kappa shape index (κ3) is 4.86. The summed E-state index contributed by atoms with van der Waals surface area (Å²) < 4.78 is 10.8. The van der Waals surface area contributed by atoms with Crippen LogP contribution in [0.2, 0.25) is 0 Å². The largest absolute Gasteiger partial charge is 0.507 e. The summed E-state index contributed by atoms with van der Waals surface area (Å²) in [5.74, 6) is -0.508. The molecule has 0 aliphatic carbocycles. The third-order valence-electron chi connectivity index (χ3n) is 5.49. The molecule has 0 saturated carbocycles. The van der Waals surface area contributed by atoms with E-state index in [-0.39, 0.29) is 30.6 Å². The zero-order valence-electron chi connectivity index (χ0n) is 19.3. The lowest BCUT2D eigenvalue weighted by Crippen LogP contribution is -2.32. The van der Waals surface area contributed by atoms with Gasteiger partial charge >= 0.3 is 0 Å². The van der Waals surface area contributed by atoms with Gasteiger partial charge in [-0.15, -0.1) is 0 Å². The fourth-order valence-corrected chi connectivity index (χ4v) is 3.83. The first-order chi connectivity index (χ1) is 15.2. The minimum absolute atomic E-state index is 0.0226. The van der Waals surface area contributed by atoms with Crippen molar-refractivity contribution in [2.75, 3.05) is 20.3 Å². The van der Waals surface area contributed by atoms with Crippen molar-refractivity contribution in [3.8, 4) is 5.75 Å². The number of likely N-dealkylation sites (tertiary alicyclic amines) is 1. The SMILES string of the molecule is COCCN1C(=O)C(=O)/C(=C(\O)c2ccc(OC(C)C)cc2)C1c1ccc(C(C)C)cc1. The van der Waals surface area contributed by atoms with Crippen LogP contribution in [0.25, 0.3) is 5.76 Å². The molecule has 1 saturated heterocycles. The van der Waals surface area contributed by atoms with Crippen LogP contribution in [0.4, 0.5) is 0 Å². The van der Waals surface area contributed by atoms with Gasteiger partial charge in [0.1, 0.15) is 11.5 Å². The van der Waals surface area contributed by atoms with E-state index in [0.717, 1.165) is 11.1 Å². The number of amides is 1. The van der Waals surface area contributed by atoms with Crippen molar-refractivity contribution in [1.29, 1.82) is 0 Å². The van der Waals surface area contributed by atoms with Crippen LogP contribution in [-0.4, -0.2) is 48.1 Å². The Morgan fingerprint density at radius 3 is 2.16 bits per heavy atom. The predicted molar refractivity (Wildman–Crippen MR) is 124 cm³/mol. The molecule has 1 amide bonds. The number of aliphatic hydroxyl groups is 1. The Bertz CT molecular complexity index is 990. The molecule has 2 aromatic rings. The van der Waals surface area contributed by atoms with Crippen LogP contribution in [0, 0.1) is 0 Å². The van der Waals surface area contributed by atoms with Gasteiger partial charge in [0.05, 0.1) is 24.3 Å². The van der Waals surface area contributed by atoms with Crippen LogP contribution in [0.5, 0.6) is 5.75 Å². The van der Waals surface area contributed by atoms with Gasteiger partial charge in [0, 0.05) is 19.2 Å². The van der Waals surface area contributed by atoms with Crippen molar-refractivity contribution in [3.63, 3.8) is 0 Å². The molecule has 3 rings (SSSR count). The Morgan fingerprint density at radius 2 is 1.62 bits per heavy atom. The summed E-state index contributed by atoms with van der Waals surface area (Å²) in [5.41, 5.74) is 2.46. The Kier molecular flexibility index (Phi) is 7.36. The topological polar surface area (TPSA) is 76.1 Å². The van der Waals surface area contributed by atoms with Gasteiger partial charge in [-0.2, -0.15) is 0 Å².